The van der Waals surface area contributed by atoms with E-state index in [0.29, 0.717) is 12.3 Å². The molecule has 3 aromatic rings. The first-order valence-electron chi connectivity index (χ1n) is 7.15. The van der Waals surface area contributed by atoms with Crippen LogP contribution in [0.1, 0.15) is 10.4 Å². The lowest BCUT2D eigenvalue weighted by atomic mass is 10.1. The largest absolute Gasteiger partial charge is 0.350 e. The molecule has 0 saturated heterocycles. The second-order valence-corrected chi connectivity index (χ2v) is 8.12. The maximum Gasteiger partial charge on any atom is 0.230 e. The SMILES string of the molecule is Cc1ccc(-c2csc(SCC(=O)NCc3cccs3)n2)cc1. The van der Waals surface area contributed by atoms with Crippen LogP contribution in [0.25, 0.3) is 11.3 Å². The Kier molecular flexibility index (Phi) is 5.48. The molecule has 0 radical (unpaired) electrons. The first-order valence-corrected chi connectivity index (χ1v) is 9.89. The molecule has 2 heterocycles. The fourth-order valence-corrected chi connectivity index (χ4v) is 4.27. The van der Waals surface area contributed by atoms with Crippen molar-refractivity contribution in [3.05, 3.63) is 57.6 Å². The highest BCUT2D eigenvalue weighted by Gasteiger charge is 2.08. The smallest absolute Gasteiger partial charge is 0.230 e. The van der Waals surface area contributed by atoms with E-state index in [0.717, 1.165) is 15.6 Å². The Morgan fingerprint density at radius 3 is 2.78 bits per heavy atom. The van der Waals surface area contributed by atoms with Crippen molar-refractivity contribution in [2.45, 2.75) is 17.8 Å². The van der Waals surface area contributed by atoms with Crippen molar-refractivity contribution in [2.24, 2.45) is 0 Å². The molecular weight excluding hydrogens is 344 g/mol. The van der Waals surface area contributed by atoms with Gasteiger partial charge in [-0.2, -0.15) is 0 Å². The number of rotatable bonds is 6. The van der Waals surface area contributed by atoms with Gasteiger partial charge in [0, 0.05) is 15.8 Å². The van der Waals surface area contributed by atoms with Crippen LogP contribution < -0.4 is 5.32 Å². The first kappa shape index (κ1) is 16.2. The van der Waals surface area contributed by atoms with Crippen molar-refractivity contribution >= 4 is 40.3 Å². The van der Waals surface area contributed by atoms with Gasteiger partial charge in [-0.15, -0.1) is 22.7 Å². The Hall–Kier alpha value is -1.63. The second-order valence-electron chi connectivity index (χ2n) is 5.01. The van der Waals surface area contributed by atoms with Gasteiger partial charge in [0.05, 0.1) is 18.0 Å². The maximum atomic E-state index is 11.9. The summed E-state index contributed by atoms with van der Waals surface area (Å²) in [6.07, 6.45) is 0. The number of carbonyl (C=O) groups excluding carboxylic acids is 1. The van der Waals surface area contributed by atoms with Gasteiger partial charge in [0.1, 0.15) is 0 Å². The molecule has 1 amide bonds. The number of nitrogens with zero attached hydrogens (tertiary/aromatic N) is 1. The van der Waals surface area contributed by atoms with Crippen LogP contribution in [0.3, 0.4) is 0 Å². The molecular formula is C17H16N2OS3. The zero-order chi connectivity index (χ0) is 16.1. The summed E-state index contributed by atoms with van der Waals surface area (Å²) in [5.41, 5.74) is 3.32. The zero-order valence-corrected chi connectivity index (χ0v) is 15.1. The summed E-state index contributed by atoms with van der Waals surface area (Å²) in [6, 6.07) is 12.3. The van der Waals surface area contributed by atoms with Gasteiger partial charge in [0.15, 0.2) is 4.34 Å². The second kappa shape index (κ2) is 7.77. The molecule has 6 heteroatoms. The number of benzene rings is 1. The Morgan fingerprint density at radius 1 is 1.22 bits per heavy atom. The van der Waals surface area contributed by atoms with E-state index in [2.05, 4.69) is 41.5 Å². The van der Waals surface area contributed by atoms with Crippen molar-refractivity contribution in [3.8, 4) is 11.3 Å². The molecule has 23 heavy (non-hydrogen) atoms. The molecule has 0 bridgehead atoms. The third-order valence-electron chi connectivity index (χ3n) is 3.20. The molecule has 0 spiro atoms. The number of hydrogen-bond donors (Lipinski definition) is 1. The normalized spacial score (nSPS) is 10.7. The number of hydrogen-bond acceptors (Lipinski definition) is 5. The predicted molar refractivity (Wildman–Crippen MR) is 99.2 cm³/mol. The molecule has 2 aromatic heterocycles. The minimum atomic E-state index is 0.0375. The van der Waals surface area contributed by atoms with Crippen LogP contribution in [0.4, 0.5) is 0 Å². The van der Waals surface area contributed by atoms with Gasteiger partial charge in [-0.3, -0.25) is 4.79 Å². The molecule has 118 valence electrons. The van der Waals surface area contributed by atoms with E-state index in [1.165, 1.54) is 22.2 Å². The van der Waals surface area contributed by atoms with Gasteiger partial charge in [-0.1, -0.05) is 47.7 Å². The number of nitrogens with one attached hydrogen (secondary N) is 1. The van der Waals surface area contributed by atoms with E-state index >= 15 is 0 Å². The maximum absolute atomic E-state index is 11.9. The van der Waals surface area contributed by atoms with E-state index in [1.807, 2.05) is 22.9 Å². The number of thioether (sulfide) groups is 1. The van der Waals surface area contributed by atoms with Crippen LogP contribution in [0.5, 0.6) is 0 Å². The topological polar surface area (TPSA) is 42.0 Å². The Labute approximate surface area is 147 Å². The van der Waals surface area contributed by atoms with Crippen LogP contribution in [0, 0.1) is 6.92 Å². The van der Waals surface area contributed by atoms with Crippen LogP contribution in [0.15, 0.2) is 51.5 Å². The van der Waals surface area contributed by atoms with Crippen molar-refractivity contribution < 1.29 is 4.79 Å². The Morgan fingerprint density at radius 2 is 2.04 bits per heavy atom. The monoisotopic (exact) mass is 360 g/mol. The summed E-state index contributed by atoms with van der Waals surface area (Å²) in [6.45, 7) is 2.67. The number of thiophene rings is 1. The van der Waals surface area contributed by atoms with Crippen LogP contribution in [-0.2, 0) is 11.3 Å². The fraction of sp³-hybridized carbons (Fsp3) is 0.176. The highest BCUT2D eigenvalue weighted by atomic mass is 32.2. The number of aryl methyl sites for hydroxylation is 1. The average molecular weight is 361 g/mol. The molecule has 0 aliphatic carbocycles. The summed E-state index contributed by atoms with van der Waals surface area (Å²) in [7, 11) is 0. The van der Waals surface area contributed by atoms with Crippen molar-refractivity contribution in [3.63, 3.8) is 0 Å². The molecule has 1 aromatic carbocycles. The van der Waals surface area contributed by atoms with Crippen molar-refractivity contribution in [2.75, 3.05) is 5.75 Å². The number of thiazole rings is 1. The summed E-state index contributed by atoms with van der Waals surface area (Å²) in [4.78, 5) is 17.6. The van der Waals surface area contributed by atoms with Gasteiger partial charge in [0.2, 0.25) is 5.91 Å². The van der Waals surface area contributed by atoms with Crippen molar-refractivity contribution in [1.82, 2.24) is 10.3 Å². The molecule has 0 unspecified atom stereocenters. The van der Waals surface area contributed by atoms with E-state index in [9.17, 15) is 4.79 Å². The standard InChI is InChI=1S/C17H16N2OS3/c1-12-4-6-13(7-5-12)15-10-22-17(19-15)23-11-16(20)18-9-14-3-2-8-21-14/h2-8,10H,9,11H2,1H3,(H,18,20). The van der Waals surface area contributed by atoms with E-state index < -0.39 is 0 Å². The average Bonchev–Trinajstić information content (AvgIpc) is 3.23. The minimum Gasteiger partial charge on any atom is -0.350 e. The quantitative estimate of drug-likeness (QED) is 0.654. The summed E-state index contributed by atoms with van der Waals surface area (Å²) in [5, 5.41) is 6.98. The third-order valence-corrected chi connectivity index (χ3v) is 6.09. The van der Waals surface area contributed by atoms with Gasteiger partial charge in [-0.25, -0.2) is 4.98 Å². The minimum absolute atomic E-state index is 0.0375. The molecule has 0 aliphatic heterocycles. The van der Waals surface area contributed by atoms with E-state index in [4.69, 9.17) is 0 Å². The van der Waals surface area contributed by atoms with Crippen molar-refractivity contribution in [1.29, 1.82) is 0 Å². The lowest BCUT2D eigenvalue weighted by Gasteiger charge is -2.02. The molecule has 1 N–H and O–H groups in total. The highest BCUT2D eigenvalue weighted by Crippen LogP contribution is 2.28. The highest BCUT2D eigenvalue weighted by molar-refractivity contribution is 8.01. The zero-order valence-electron chi connectivity index (χ0n) is 12.6. The van der Waals surface area contributed by atoms with Gasteiger partial charge < -0.3 is 5.32 Å². The summed E-state index contributed by atoms with van der Waals surface area (Å²) >= 11 is 4.71. The van der Waals surface area contributed by atoms with Gasteiger partial charge in [-0.05, 0) is 18.4 Å². The van der Waals surface area contributed by atoms with E-state index in [-0.39, 0.29) is 5.91 Å². The predicted octanol–water partition coefficient (Wildman–Crippen LogP) is 4.59. The molecule has 3 nitrogen and oxygen atoms in total. The van der Waals surface area contributed by atoms with Crippen LogP contribution in [0.2, 0.25) is 0 Å². The molecule has 0 fully saturated rings. The first-order chi connectivity index (χ1) is 11.2. The van der Waals surface area contributed by atoms with Crippen LogP contribution in [-0.4, -0.2) is 16.6 Å². The Bertz CT molecular complexity index is 764. The summed E-state index contributed by atoms with van der Waals surface area (Å²) in [5.74, 6) is 0.433. The molecule has 0 saturated carbocycles. The number of amides is 1. The molecule has 3 rings (SSSR count). The van der Waals surface area contributed by atoms with Crippen LogP contribution >= 0.6 is 34.4 Å². The Balaban J connectivity index is 1.50. The lowest BCUT2D eigenvalue weighted by molar-refractivity contribution is -0.118. The number of aromatic nitrogens is 1. The van der Waals surface area contributed by atoms with Gasteiger partial charge in [0.25, 0.3) is 0 Å². The fourth-order valence-electron chi connectivity index (χ4n) is 1.96. The number of carbonyl (C=O) groups is 1. The third kappa shape index (κ3) is 4.67. The van der Waals surface area contributed by atoms with Gasteiger partial charge >= 0.3 is 0 Å². The molecule has 0 aliphatic rings. The van der Waals surface area contributed by atoms with E-state index in [1.54, 1.807) is 22.7 Å². The lowest BCUT2D eigenvalue weighted by Crippen LogP contribution is -2.24. The molecule has 0 atom stereocenters. The summed E-state index contributed by atoms with van der Waals surface area (Å²) < 4.78 is 0.923.